The molecule has 2 aliphatic rings. The average Bonchev–Trinajstić information content (AvgIpc) is 3.20. The first kappa shape index (κ1) is 23.9. The van der Waals surface area contributed by atoms with Gasteiger partial charge in [-0.05, 0) is 60.7 Å². The van der Waals surface area contributed by atoms with Crippen LogP contribution >= 0.6 is 0 Å². The fraction of sp³-hybridized carbons (Fsp3) is 0.167. The van der Waals surface area contributed by atoms with Crippen LogP contribution in [-0.2, 0) is 16.5 Å². The number of benzene rings is 4. The van der Waals surface area contributed by atoms with Crippen LogP contribution in [-0.4, -0.2) is 27.1 Å². The van der Waals surface area contributed by atoms with E-state index in [9.17, 15) is 18.0 Å². The van der Waals surface area contributed by atoms with Gasteiger partial charge in [0.25, 0.3) is 0 Å². The third-order valence-corrected chi connectivity index (χ3v) is 7.16. The van der Waals surface area contributed by atoms with Gasteiger partial charge in [-0.25, -0.2) is 4.79 Å². The fourth-order valence-electron chi connectivity index (χ4n) is 5.16. The molecule has 192 valence electrons. The van der Waals surface area contributed by atoms with Crippen LogP contribution in [0.2, 0.25) is 0 Å². The summed E-state index contributed by atoms with van der Waals surface area (Å²) < 4.78 is 51.8. The summed E-state index contributed by atoms with van der Waals surface area (Å²) >= 11 is 0. The minimum absolute atomic E-state index is 0.433. The summed E-state index contributed by atoms with van der Waals surface area (Å²) in [6.07, 6.45) is -4.41. The van der Waals surface area contributed by atoms with E-state index in [2.05, 4.69) is 0 Å². The maximum Gasteiger partial charge on any atom is 0.416 e. The topological polar surface area (TPSA) is 42.0 Å². The Hall–Kier alpha value is -4.46. The van der Waals surface area contributed by atoms with Crippen molar-refractivity contribution < 1.29 is 27.4 Å². The third-order valence-electron chi connectivity index (χ3n) is 7.16. The molecule has 8 heteroatoms. The summed E-state index contributed by atoms with van der Waals surface area (Å²) in [5.74, 6) is 0.678. The van der Waals surface area contributed by atoms with Gasteiger partial charge in [-0.1, -0.05) is 18.2 Å². The summed E-state index contributed by atoms with van der Waals surface area (Å²) in [5.41, 5.74) is 2.77. The number of nitrogens with zero attached hydrogens (tertiary/aromatic N) is 2. The Labute approximate surface area is 217 Å². The molecule has 0 aliphatic carbocycles. The predicted molar refractivity (Wildman–Crippen MR) is 139 cm³/mol. The summed E-state index contributed by atoms with van der Waals surface area (Å²) in [7, 11) is 5.64. The first-order chi connectivity index (χ1) is 18.1. The van der Waals surface area contributed by atoms with E-state index in [1.165, 1.54) is 12.1 Å². The number of hydrogen-bond donors (Lipinski definition) is 0. The minimum Gasteiger partial charge on any atom is -0.456 e. The van der Waals surface area contributed by atoms with Crippen LogP contribution in [0.5, 0.6) is 11.5 Å². The zero-order valence-corrected chi connectivity index (χ0v) is 20.8. The largest absolute Gasteiger partial charge is 0.456 e. The minimum atomic E-state index is -4.41. The van der Waals surface area contributed by atoms with E-state index in [4.69, 9.17) is 9.47 Å². The van der Waals surface area contributed by atoms with E-state index in [-0.39, 0.29) is 0 Å². The molecule has 0 saturated carbocycles. The van der Waals surface area contributed by atoms with E-state index in [0.29, 0.717) is 45.1 Å². The fourth-order valence-corrected chi connectivity index (χ4v) is 5.16. The van der Waals surface area contributed by atoms with Gasteiger partial charge in [0.1, 0.15) is 11.5 Å². The van der Waals surface area contributed by atoms with Gasteiger partial charge in [-0.2, -0.15) is 13.2 Å². The second-order valence-electron chi connectivity index (χ2n) is 9.58. The van der Waals surface area contributed by atoms with E-state index in [1.807, 2.05) is 61.5 Å². The highest BCUT2D eigenvalue weighted by atomic mass is 19.4. The van der Waals surface area contributed by atoms with Crippen LogP contribution in [0.15, 0.2) is 84.9 Å². The first-order valence-electron chi connectivity index (χ1n) is 12.0. The monoisotopic (exact) mass is 516 g/mol. The zero-order chi connectivity index (χ0) is 26.8. The lowest BCUT2D eigenvalue weighted by Gasteiger charge is -2.37. The number of ether oxygens (including phenoxy) is 2. The number of halogens is 3. The van der Waals surface area contributed by atoms with Crippen LogP contribution in [0.4, 0.5) is 30.2 Å². The molecule has 4 aromatic carbocycles. The van der Waals surface area contributed by atoms with Crippen molar-refractivity contribution in [3.63, 3.8) is 0 Å². The van der Waals surface area contributed by atoms with Gasteiger partial charge in [-0.3, -0.25) is 0 Å². The summed E-state index contributed by atoms with van der Waals surface area (Å²) in [4.78, 5) is 16.9. The molecular formula is C30H23F3N2O3. The Morgan fingerprint density at radius 1 is 0.711 bits per heavy atom. The van der Waals surface area contributed by atoms with Gasteiger partial charge in [0, 0.05) is 61.0 Å². The second kappa shape index (κ2) is 8.28. The molecular weight excluding hydrogens is 493 g/mol. The van der Waals surface area contributed by atoms with Crippen LogP contribution in [0.3, 0.4) is 0 Å². The summed E-state index contributed by atoms with van der Waals surface area (Å²) in [6.45, 7) is 0. The molecule has 2 heterocycles. The van der Waals surface area contributed by atoms with Gasteiger partial charge >= 0.3 is 12.1 Å². The number of alkyl halides is 3. The lowest BCUT2D eigenvalue weighted by atomic mass is 9.77. The maximum atomic E-state index is 13.1. The molecule has 0 N–H and O–H groups in total. The van der Waals surface area contributed by atoms with Crippen molar-refractivity contribution in [2.24, 2.45) is 0 Å². The van der Waals surface area contributed by atoms with Crippen LogP contribution in [0.1, 0.15) is 32.6 Å². The van der Waals surface area contributed by atoms with Gasteiger partial charge in [0.05, 0.1) is 11.1 Å². The highest BCUT2D eigenvalue weighted by Gasteiger charge is 2.53. The number of esters is 1. The Balaban J connectivity index is 1.52. The Bertz CT molecular complexity index is 1580. The molecule has 1 unspecified atom stereocenters. The van der Waals surface area contributed by atoms with Crippen molar-refractivity contribution >= 4 is 23.0 Å². The summed E-state index contributed by atoms with van der Waals surface area (Å²) in [5, 5.41) is 0. The van der Waals surface area contributed by atoms with Gasteiger partial charge < -0.3 is 19.3 Å². The standard InChI is InChI=1S/C30H23F3N2O3/c1-34(2)20-12-14-24-27(17-20)37-26-15-13-21(35(3)19-10-8-18(9-11-19)30(31,32)33)16-25(26)29(24)23-7-5-4-6-22(23)28(36)38-29/h4-17H,1-3H3. The molecule has 0 amide bonds. The number of fused-ring (bicyclic) bond motifs is 6. The normalized spacial score (nSPS) is 17.3. The smallest absolute Gasteiger partial charge is 0.416 e. The molecule has 0 aromatic heterocycles. The van der Waals surface area contributed by atoms with Crippen molar-refractivity contribution in [2.75, 3.05) is 30.9 Å². The Kier molecular flexibility index (Phi) is 5.21. The maximum absolute atomic E-state index is 13.1. The molecule has 0 bridgehead atoms. The number of anilines is 3. The molecule has 0 saturated heterocycles. The molecule has 5 nitrogen and oxygen atoms in total. The molecule has 6 rings (SSSR count). The van der Waals surface area contributed by atoms with Crippen molar-refractivity contribution in [1.82, 2.24) is 0 Å². The number of rotatable bonds is 3. The third kappa shape index (κ3) is 3.51. The van der Waals surface area contributed by atoms with Gasteiger partial charge in [-0.15, -0.1) is 0 Å². The number of hydrogen-bond acceptors (Lipinski definition) is 5. The molecule has 2 aliphatic heterocycles. The van der Waals surface area contributed by atoms with Crippen LogP contribution in [0, 0.1) is 0 Å². The summed E-state index contributed by atoms with van der Waals surface area (Å²) in [6, 6.07) is 23.5. The lowest BCUT2D eigenvalue weighted by molar-refractivity contribution is -0.137. The average molecular weight is 517 g/mol. The van der Waals surface area contributed by atoms with Crippen molar-refractivity contribution in [1.29, 1.82) is 0 Å². The zero-order valence-electron chi connectivity index (χ0n) is 20.8. The van der Waals surface area contributed by atoms with E-state index in [0.717, 1.165) is 17.8 Å². The van der Waals surface area contributed by atoms with Crippen molar-refractivity contribution in [2.45, 2.75) is 11.8 Å². The Morgan fingerprint density at radius 3 is 2.11 bits per heavy atom. The molecule has 1 spiro atoms. The SMILES string of the molecule is CN(C)c1ccc2c(c1)Oc1ccc(N(C)c3ccc(C(F)(F)F)cc3)cc1C21OC(=O)c2ccccc21. The van der Waals surface area contributed by atoms with Crippen LogP contribution < -0.4 is 14.5 Å². The van der Waals surface area contributed by atoms with E-state index < -0.39 is 23.3 Å². The van der Waals surface area contributed by atoms with Crippen molar-refractivity contribution in [3.8, 4) is 11.5 Å². The van der Waals surface area contributed by atoms with E-state index in [1.54, 1.807) is 30.1 Å². The molecule has 0 radical (unpaired) electrons. The molecule has 4 aromatic rings. The van der Waals surface area contributed by atoms with Crippen molar-refractivity contribution in [3.05, 3.63) is 113 Å². The Morgan fingerprint density at radius 2 is 1.39 bits per heavy atom. The van der Waals surface area contributed by atoms with Gasteiger partial charge in [0.15, 0.2) is 5.60 Å². The molecule has 1 atom stereocenters. The quantitative estimate of drug-likeness (QED) is 0.272. The van der Waals surface area contributed by atoms with E-state index >= 15 is 0 Å². The molecule has 0 fully saturated rings. The predicted octanol–water partition coefficient (Wildman–Crippen LogP) is 7.11. The second-order valence-corrected chi connectivity index (χ2v) is 9.58. The number of carbonyl (C=O) groups is 1. The lowest BCUT2D eigenvalue weighted by Crippen LogP contribution is -2.33. The highest BCUT2D eigenvalue weighted by Crippen LogP contribution is 2.57. The number of carbonyl (C=O) groups excluding carboxylic acids is 1. The van der Waals surface area contributed by atoms with Crippen LogP contribution in [0.25, 0.3) is 0 Å². The first-order valence-corrected chi connectivity index (χ1v) is 12.0. The molecule has 38 heavy (non-hydrogen) atoms. The van der Waals surface area contributed by atoms with Gasteiger partial charge in [0.2, 0.25) is 0 Å². The highest BCUT2D eigenvalue weighted by molar-refractivity contribution is 5.97.